The van der Waals surface area contributed by atoms with Crippen LogP contribution in [0.3, 0.4) is 0 Å². The van der Waals surface area contributed by atoms with Gasteiger partial charge < -0.3 is 0 Å². The first-order chi connectivity index (χ1) is 10.9. The number of allylic oxidation sites excluding steroid dienone is 2. The molecule has 0 saturated heterocycles. The number of H-pyrrole nitrogens is 1. The minimum Gasteiger partial charge on any atom is -0.294 e. The number of nitrogens with zero attached hydrogens (tertiary/aromatic N) is 2. The second-order valence-corrected chi connectivity index (χ2v) is 6.79. The van der Waals surface area contributed by atoms with Crippen LogP contribution in [-0.4, -0.2) is 27.4 Å². The Morgan fingerprint density at radius 2 is 2.09 bits per heavy atom. The second-order valence-electron chi connectivity index (χ2n) is 6.79. The maximum absolute atomic E-state index is 13.6. The van der Waals surface area contributed by atoms with Gasteiger partial charge in [-0.05, 0) is 48.4 Å². The number of carbonyl (C=O) groups is 1. The van der Waals surface area contributed by atoms with E-state index in [0.717, 1.165) is 5.56 Å². The van der Waals surface area contributed by atoms with Gasteiger partial charge in [0.05, 0.1) is 0 Å². The summed E-state index contributed by atoms with van der Waals surface area (Å²) < 4.78 is 40.9. The fourth-order valence-corrected chi connectivity index (χ4v) is 4.84. The number of hydrogen-bond donors (Lipinski definition) is 1. The minimum absolute atomic E-state index is 0.212. The van der Waals surface area contributed by atoms with Crippen molar-refractivity contribution in [2.24, 2.45) is 11.3 Å². The Kier molecular flexibility index (Phi) is 2.21. The van der Waals surface area contributed by atoms with Crippen LogP contribution >= 0.6 is 0 Å². The van der Waals surface area contributed by atoms with Gasteiger partial charge >= 0.3 is 6.18 Å². The molecule has 2 aromatic rings. The Bertz CT molecular complexity index is 911. The topological polar surface area (TPSA) is 58.6 Å². The fourth-order valence-electron chi connectivity index (χ4n) is 4.84. The lowest BCUT2D eigenvalue weighted by molar-refractivity contribution is -0.132. The summed E-state index contributed by atoms with van der Waals surface area (Å²) >= 11 is 0. The van der Waals surface area contributed by atoms with E-state index in [0.29, 0.717) is 42.3 Å². The van der Waals surface area contributed by atoms with Gasteiger partial charge in [-0.15, -0.1) is 0 Å². The largest absolute Gasteiger partial charge is 0.420 e. The van der Waals surface area contributed by atoms with Gasteiger partial charge in [0.15, 0.2) is 5.78 Å². The van der Waals surface area contributed by atoms with Crippen LogP contribution in [-0.2, 0) is 11.2 Å². The predicted octanol–water partition coefficient (Wildman–Crippen LogP) is 3.20. The lowest BCUT2D eigenvalue weighted by atomic mass is 9.71. The summed E-state index contributed by atoms with van der Waals surface area (Å²) in [5.41, 5.74) is 1.33. The smallest absolute Gasteiger partial charge is 0.294 e. The summed E-state index contributed by atoms with van der Waals surface area (Å²) in [5.74, 6) is -1.22. The van der Waals surface area contributed by atoms with Crippen molar-refractivity contribution in [3.63, 3.8) is 0 Å². The molecule has 5 rings (SSSR count). The van der Waals surface area contributed by atoms with E-state index in [2.05, 4.69) is 15.4 Å². The van der Waals surface area contributed by atoms with Crippen LogP contribution in [0.25, 0.3) is 16.6 Å². The molecule has 0 aliphatic heterocycles. The number of fused-ring (bicyclic) bond motifs is 5. The summed E-state index contributed by atoms with van der Waals surface area (Å²) in [6.45, 7) is 0. The number of carbonyl (C=O) groups excluding carboxylic acids is 1. The zero-order chi connectivity index (χ0) is 16.0. The Balaban J connectivity index is 1.89. The third-order valence-corrected chi connectivity index (χ3v) is 5.67. The van der Waals surface area contributed by atoms with E-state index in [1.54, 1.807) is 12.1 Å². The molecule has 0 radical (unpaired) electrons. The molecule has 1 saturated carbocycles. The van der Waals surface area contributed by atoms with Gasteiger partial charge in [0.25, 0.3) is 0 Å². The Morgan fingerprint density at radius 3 is 2.87 bits per heavy atom. The number of aromatic amines is 1. The van der Waals surface area contributed by atoms with E-state index in [-0.39, 0.29) is 5.57 Å². The second kappa shape index (κ2) is 3.83. The third-order valence-electron chi connectivity index (χ3n) is 5.67. The summed E-state index contributed by atoms with van der Waals surface area (Å²) in [7, 11) is 0. The van der Waals surface area contributed by atoms with Gasteiger partial charge in [0.1, 0.15) is 16.6 Å². The van der Waals surface area contributed by atoms with Crippen LogP contribution in [0.15, 0.2) is 17.7 Å². The number of benzene rings is 1. The van der Waals surface area contributed by atoms with Gasteiger partial charge in [-0.3, -0.25) is 4.79 Å². The monoisotopic (exact) mass is 319 g/mol. The van der Waals surface area contributed by atoms with Crippen molar-refractivity contribution in [1.82, 2.24) is 15.4 Å². The number of rotatable bonds is 0. The molecule has 1 N–H and O–H groups in total. The number of ketones is 1. The molecule has 118 valence electrons. The highest BCUT2D eigenvalue weighted by Crippen LogP contribution is 2.64. The third kappa shape index (κ3) is 1.50. The van der Waals surface area contributed by atoms with Gasteiger partial charge in [-0.25, -0.2) is 0 Å². The Hall–Kier alpha value is -2.18. The SMILES string of the molecule is O=C1C(C(F)(F)F)=C2c3ccc4n[nH]nc4c3CC23CCC1C3. The van der Waals surface area contributed by atoms with Crippen molar-refractivity contribution in [1.29, 1.82) is 0 Å². The molecule has 1 heterocycles. The van der Waals surface area contributed by atoms with E-state index >= 15 is 0 Å². The fraction of sp³-hybridized carbons (Fsp3) is 0.438. The molecular formula is C16H12F3N3O. The van der Waals surface area contributed by atoms with Crippen molar-refractivity contribution in [2.45, 2.75) is 31.9 Å². The molecule has 3 aliphatic rings. The highest BCUT2D eigenvalue weighted by atomic mass is 19.4. The molecule has 2 atom stereocenters. The molecule has 1 aromatic heterocycles. The summed E-state index contributed by atoms with van der Waals surface area (Å²) in [6.07, 6.45) is -2.40. The highest BCUT2D eigenvalue weighted by molar-refractivity contribution is 6.10. The van der Waals surface area contributed by atoms with E-state index in [4.69, 9.17) is 0 Å². The molecule has 7 heteroatoms. The maximum atomic E-state index is 13.6. The molecule has 4 nitrogen and oxygen atoms in total. The predicted molar refractivity (Wildman–Crippen MR) is 75.3 cm³/mol. The molecule has 3 aliphatic carbocycles. The van der Waals surface area contributed by atoms with Gasteiger partial charge in [-0.1, -0.05) is 6.07 Å². The average Bonchev–Trinajstić information content (AvgIpc) is 3.15. The number of aromatic nitrogens is 3. The van der Waals surface area contributed by atoms with E-state index in [1.165, 1.54) is 0 Å². The maximum Gasteiger partial charge on any atom is 0.420 e. The minimum atomic E-state index is -4.61. The number of nitrogens with one attached hydrogen (secondary N) is 1. The van der Waals surface area contributed by atoms with Crippen molar-refractivity contribution < 1.29 is 18.0 Å². The lowest BCUT2D eigenvalue weighted by Gasteiger charge is -2.33. The van der Waals surface area contributed by atoms with E-state index in [1.807, 2.05) is 0 Å². The number of halogens is 3. The summed E-state index contributed by atoms with van der Waals surface area (Å²) in [6, 6.07) is 3.34. The van der Waals surface area contributed by atoms with Gasteiger partial charge in [0, 0.05) is 11.3 Å². The van der Waals surface area contributed by atoms with Crippen molar-refractivity contribution in [3.8, 4) is 0 Å². The quantitative estimate of drug-likeness (QED) is 0.811. The first kappa shape index (κ1) is 13.3. The van der Waals surface area contributed by atoms with Crippen LogP contribution in [0.2, 0.25) is 0 Å². The first-order valence-electron chi connectivity index (χ1n) is 7.60. The Morgan fingerprint density at radius 1 is 1.26 bits per heavy atom. The first-order valence-corrected chi connectivity index (χ1v) is 7.60. The van der Waals surface area contributed by atoms with Crippen LogP contribution in [0.1, 0.15) is 30.4 Å². The van der Waals surface area contributed by atoms with Crippen LogP contribution in [0.4, 0.5) is 13.2 Å². The molecule has 1 fully saturated rings. The van der Waals surface area contributed by atoms with Crippen molar-refractivity contribution in [3.05, 3.63) is 28.8 Å². The van der Waals surface area contributed by atoms with Crippen LogP contribution in [0.5, 0.6) is 0 Å². The number of alkyl halides is 3. The number of hydrogen-bond acceptors (Lipinski definition) is 3. The van der Waals surface area contributed by atoms with Gasteiger partial charge in [-0.2, -0.15) is 28.6 Å². The highest BCUT2D eigenvalue weighted by Gasteiger charge is 2.59. The van der Waals surface area contributed by atoms with Crippen molar-refractivity contribution in [2.75, 3.05) is 0 Å². The van der Waals surface area contributed by atoms with Crippen LogP contribution in [0, 0.1) is 11.3 Å². The molecule has 23 heavy (non-hydrogen) atoms. The molecule has 1 spiro atoms. The average molecular weight is 319 g/mol. The molecule has 2 bridgehead atoms. The molecule has 2 unspecified atom stereocenters. The zero-order valence-corrected chi connectivity index (χ0v) is 12.0. The standard InChI is InChI=1S/C16H12F3N3O/c17-16(18,19)12-11-8-1-2-10-13(21-22-20-10)9(8)6-15(11)4-3-7(5-15)14(12)23/h1-2,7H,3-6H2,(H,20,21,22). The Labute approximate surface area is 128 Å². The summed E-state index contributed by atoms with van der Waals surface area (Å²) in [4.78, 5) is 12.4. The molecular weight excluding hydrogens is 307 g/mol. The van der Waals surface area contributed by atoms with E-state index < -0.39 is 28.9 Å². The number of Topliss-reactive ketones (excluding diaryl/α,β-unsaturated/α-hetero) is 1. The van der Waals surface area contributed by atoms with Crippen LogP contribution < -0.4 is 0 Å². The zero-order valence-electron chi connectivity index (χ0n) is 12.0. The molecule has 0 amide bonds. The van der Waals surface area contributed by atoms with E-state index in [9.17, 15) is 18.0 Å². The molecule has 1 aromatic carbocycles. The normalized spacial score (nSPS) is 29.3. The summed E-state index contributed by atoms with van der Waals surface area (Å²) in [5, 5.41) is 10.7. The van der Waals surface area contributed by atoms with Crippen molar-refractivity contribution >= 4 is 22.4 Å². The van der Waals surface area contributed by atoms with Gasteiger partial charge in [0.2, 0.25) is 0 Å². The lowest BCUT2D eigenvalue weighted by Crippen LogP contribution is -2.34.